The van der Waals surface area contributed by atoms with Crippen LogP contribution in [0.4, 0.5) is 0 Å². The Morgan fingerprint density at radius 3 is 2.91 bits per heavy atom. The first-order chi connectivity index (χ1) is 10.6. The standard InChI is InChI=1S/C17H25N5/c1-13(17-7-4-8-18-10-17)21-9-5-6-16(11-21)12-22-15(3)19-14(2)20-22/h4,7-8,10,13,16H,5-6,9,11-12H2,1-3H3/t13-,16+/m1/s1. The van der Waals surface area contributed by atoms with Crippen LogP contribution in [0, 0.1) is 19.8 Å². The van der Waals surface area contributed by atoms with E-state index in [0.29, 0.717) is 12.0 Å². The van der Waals surface area contributed by atoms with Crippen LogP contribution in [-0.2, 0) is 6.54 Å². The summed E-state index contributed by atoms with van der Waals surface area (Å²) in [5, 5.41) is 4.51. The lowest BCUT2D eigenvalue weighted by Crippen LogP contribution is -2.38. The molecule has 0 aromatic carbocycles. The summed E-state index contributed by atoms with van der Waals surface area (Å²) in [7, 11) is 0. The summed E-state index contributed by atoms with van der Waals surface area (Å²) >= 11 is 0. The molecule has 5 nitrogen and oxygen atoms in total. The Bertz CT molecular complexity index is 607. The van der Waals surface area contributed by atoms with Gasteiger partial charge in [-0.3, -0.25) is 9.88 Å². The number of piperidine rings is 1. The lowest BCUT2D eigenvalue weighted by Gasteiger charge is -2.37. The first-order valence-electron chi connectivity index (χ1n) is 8.15. The smallest absolute Gasteiger partial charge is 0.147 e. The quantitative estimate of drug-likeness (QED) is 0.871. The Morgan fingerprint density at radius 2 is 2.23 bits per heavy atom. The molecule has 3 heterocycles. The van der Waals surface area contributed by atoms with Crippen LogP contribution >= 0.6 is 0 Å². The van der Waals surface area contributed by atoms with Crippen LogP contribution in [0.2, 0.25) is 0 Å². The number of rotatable bonds is 4. The topological polar surface area (TPSA) is 46.8 Å². The van der Waals surface area contributed by atoms with Crippen LogP contribution in [0.1, 0.15) is 43.0 Å². The van der Waals surface area contributed by atoms with Gasteiger partial charge in [0.05, 0.1) is 0 Å². The van der Waals surface area contributed by atoms with Gasteiger partial charge < -0.3 is 0 Å². The van der Waals surface area contributed by atoms with E-state index in [0.717, 1.165) is 24.7 Å². The van der Waals surface area contributed by atoms with Crippen LogP contribution in [-0.4, -0.2) is 37.7 Å². The molecule has 1 fully saturated rings. The van der Waals surface area contributed by atoms with Crippen molar-refractivity contribution < 1.29 is 0 Å². The third kappa shape index (κ3) is 3.35. The highest BCUT2D eigenvalue weighted by Gasteiger charge is 2.25. The Kier molecular flexibility index (Phi) is 4.52. The zero-order valence-corrected chi connectivity index (χ0v) is 13.7. The monoisotopic (exact) mass is 299 g/mol. The molecule has 2 aromatic heterocycles. The molecule has 0 unspecified atom stereocenters. The summed E-state index contributed by atoms with van der Waals surface area (Å²) in [4.78, 5) is 11.2. The van der Waals surface area contributed by atoms with Gasteiger partial charge in [-0.25, -0.2) is 9.67 Å². The van der Waals surface area contributed by atoms with Gasteiger partial charge in [-0.15, -0.1) is 0 Å². The van der Waals surface area contributed by atoms with Gasteiger partial charge in [0.25, 0.3) is 0 Å². The lowest BCUT2D eigenvalue weighted by atomic mass is 9.95. The normalized spacial score (nSPS) is 21.0. The zero-order chi connectivity index (χ0) is 15.5. The zero-order valence-electron chi connectivity index (χ0n) is 13.7. The Hall–Kier alpha value is -1.75. The molecule has 1 aliphatic rings. The fourth-order valence-corrected chi connectivity index (χ4v) is 3.41. The van der Waals surface area contributed by atoms with E-state index in [9.17, 15) is 0 Å². The number of nitrogens with zero attached hydrogens (tertiary/aromatic N) is 5. The molecule has 2 atom stereocenters. The van der Waals surface area contributed by atoms with Crippen molar-refractivity contribution in [2.75, 3.05) is 13.1 Å². The number of likely N-dealkylation sites (tertiary alicyclic amines) is 1. The van der Waals surface area contributed by atoms with Crippen molar-refractivity contribution >= 4 is 0 Å². The van der Waals surface area contributed by atoms with Crippen LogP contribution in [0.5, 0.6) is 0 Å². The van der Waals surface area contributed by atoms with E-state index in [1.165, 1.54) is 24.9 Å². The van der Waals surface area contributed by atoms with E-state index in [4.69, 9.17) is 0 Å². The molecule has 0 saturated carbocycles. The molecule has 0 radical (unpaired) electrons. The van der Waals surface area contributed by atoms with Gasteiger partial charge in [-0.05, 0) is 57.7 Å². The van der Waals surface area contributed by atoms with Gasteiger partial charge in [-0.2, -0.15) is 5.10 Å². The first kappa shape index (κ1) is 15.2. The fourth-order valence-electron chi connectivity index (χ4n) is 3.41. The molecular formula is C17H25N5. The minimum atomic E-state index is 0.426. The van der Waals surface area contributed by atoms with E-state index in [1.54, 1.807) is 0 Å². The summed E-state index contributed by atoms with van der Waals surface area (Å²) in [6, 6.07) is 4.62. The molecule has 5 heteroatoms. The number of aromatic nitrogens is 4. The largest absolute Gasteiger partial charge is 0.296 e. The fraction of sp³-hybridized carbons (Fsp3) is 0.588. The third-order valence-electron chi connectivity index (χ3n) is 4.66. The molecule has 22 heavy (non-hydrogen) atoms. The summed E-state index contributed by atoms with van der Waals surface area (Å²) in [5.74, 6) is 2.54. The van der Waals surface area contributed by atoms with Gasteiger partial charge in [0.15, 0.2) is 0 Å². The van der Waals surface area contributed by atoms with E-state index in [-0.39, 0.29) is 0 Å². The average molecular weight is 299 g/mol. The van der Waals surface area contributed by atoms with Gasteiger partial charge >= 0.3 is 0 Å². The summed E-state index contributed by atoms with van der Waals surface area (Å²) in [5.41, 5.74) is 1.30. The molecule has 0 bridgehead atoms. The third-order valence-corrected chi connectivity index (χ3v) is 4.66. The molecule has 1 aliphatic heterocycles. The van der Waals surface area contributed by atoms with E-state index >= 15 is 0 Å². The molecule has 0 amide bonds. The van der Waals surface area contributed by atoms with Gasteiger partial charge in [-0.1, -0.05) is 6.07 Å². The Balaban J connectivity index is 1.65. The van der Waals surface area contributed by atoms with E-state index in [1.807, 2.05) is 32.3 Å². The molecule has 0 N–H and O–H groups in total. The van der Waals surface area contributed by atoms with E-state index < -0.39 is 0 Å². The van der Waals surface area contributed by atoms with Crippen molar-refractivity contribution in [2.45, 2.75) is 46.2 Å². The van der Waals surface area contributed by atoms with Crippen molar-refractivity contribution in [3.8, 4) is 0 Å². The molecule has 0 aliphatic carbocycles. The second kappa shape index (κ2) is 6.57. The van der Waals surface area contributed by atoms with Crippen LogP contribution in [0.3, 0.4) is 0 Å². The maximum absolute atomic E-state index is 4.51. The summed E-state index contributed by atoms with van der Waals surface area (Å²) in [6.07, 6.45) is 6.35. The van der Waals surface area contributed by atoms with Crippen LogP contribution in [0.15, 0.2) is 24.5 Å². The molecule has 0 spiro atoms. The lowest BCUT2D eigenvalue weighted by molar-refractivity contribution is 0.120. The second-order valence-electron chi connectivity index (χ2n) is 6.35. The predicted molar refractivity (Wildman–Crippen MR) is 86.4 cm³/mol. The molecule has 2 aromatic rings. The first-order valence-corrected chi connectivity index (χ1v) is 8.15. The van der Waals surface area contributed by atoms with Crippen molar-refractivity contribution in [1.82, 2.24) is 24.6 Å². The highest BCUT2D eigenvalue weighted by molar-refractivity contribution is 5.13. The van der Waals surface area contributed by atoms with Crippen molar-refractivity contribution in [2.24, 2.45) is 5.92 Å². The van der Waals surface area contributed by atoms with Gasteiger partial charge in [0.2, 0.25) is 0 Å². The minimum absolute atomic E-state index is 0.426. The second-order valence-corrected chi connectivity index (χ2v) is 6.35. The molecule has 3 rings (SSSR count). The van der Waals surface area contributed by atoms with Crippen molar-refractivity contribution in [3.63, 3.8) is 0 Å². The molecule has 118 valence electrons. The number of aryl methyl sites for hydroxylation is 2. The summed E-state index contributed by atoms with van der Waals surface area (Å²) < 4.78 is 2.07. The molecule has 1 saturated heterocycles. The average Bonchev–Trinajstić information content (AvgIpc) is 2.85. The van der Waals surface area contributed by atoms with Gasteiger partial charge in [0, 0.05) is 31.5 Å². The van der Waals surface area contributed by atoms with Crippen molar-refractivity contribution in [1.29, 1.82) is 0 Å². The van der Waals surface area contributed by atoms with Crippen LogP contribution < -0.4 is 0 Å². The van der Waals surface area contributed by atoms with E-state index in [2.05, 4.69) is 37.6 Å². The Morgan fingerprint density at radius 1 is 1.36 bits per heavy atom. The Labute approximate surface area is 132 Å². The SMILES string of the molecule is Cc1nc(C)n(C[C@H]2CCCN([C@H](C)c3cccnc3)C2)n1. The number of pyridine rings is 1. The highest BCUT2D eigenvalue weighted by Crippen LogP contribution is 2.27. The summed E-state index contributed by atoms with van der Waals surface area (Å²) in [6.45, 7) is 9.55. The van der Waals surface area contributed by atoms with Crippen molar-refractivity contribution in [3.05, 3.63) is 41.7 Å². The number of hydrogen-bond acceptors (Lipinski definition) is 4. The molecular weight excluding hydrogens is 274 g/mol. The predicted octanol–water partition coefficient (Wildman–Crippen LogP) is 2.76. The van der Waals surface area contributed by atoms with Crippen LogP contribution in [0.25, 0.3) is 0 Å². The maximum atomic E-state index is 4.51. The van der Waals surface area contributed by atoms with Gasteiger partial charge in [0.1, 0.15) is 11.6 Å². The maximum Gasteiger partial charge on any atom is 0.147 e. The minimum Gasteiger partial charge on any atom is -0.296 e. The number of hydrogen-bond donors (Lipinski definition) is 0. The highest BCUT2D eigenvalue weighted by atomic mass is 15.3.